The van der Waals surface area contributed by atoms with E-state index in [-0.39, 0.29) is 5.91 Å². The number of ether oxygens (including phenoxy) is 1. The van der Waals surface area contributed by atoms with Crippen molar-refractivity contribution in [1.82, 2.24) is 20.0 Å². The number of hydrogen-bond acceptors (Lipinski definition) is 4. The number of nitrogens with zero attached hydrogens (tertiary/aromatic N) is 3. The summed E-state index contributed by atoms with van der Waals surface area (Å²) in [6.07, 6.45) is 0.396. The Hall–Kier alpha value is -1.40. The molecule has 1 aromatic rings. The van der Waals surface area contributed by atoms with Gasteiger partial charge < -0.3 is 15.0 Å². The molecule has 0 atom stereocenters. The molecule has 6 heteroatoms. The van der Waals surface area contributed by atoms with Crippen molar-refractivity contribution in [2.75, 3.05) is 40.4 Å². The lowest BCUT2D eigenvalue weighted by molar-refractivity contribution is -0.120. The molecule has 0 bridgehead atoms. The van der Waals surface area contributed by atoms with E-state index >= 15 is 0 Å². The van der Waals surface area contributed by atoms with Gasteiger partial charge in [0.05, 0.1) is 18.7 Å². The van der Waals surface area contributed by atoms with Gasteiger partial charge in [-0.25, -0.2) is 0 Å². The van der Waals surface area contributed by atoms with Gasteiger partial charge >= 0.3 is 0 Å². The lowest BCUT2D eigenvalue weighted by Crippen LogP contribution is -2.35. The highest BCUT2D eigenvalue weighted by Crippen LogP contribution is 2.12. The van der Waals surface area contributed by atoms with Crippen molar-refractivity contribution in [2.45, 2.75) is 20.3 Å². The van der Waals surface area contributed by atoms with Crippen molar-refractivity contribution in [2.24, 2.45) is 7.05 Å². The molecule has 6 nitrogen and oxygen atoms in total. The van der Waals surface area contributed by atoms with Crippen molar-refractivity contribution in [1.29, 1.82) is 0 Å². The summed E-state index contributed by atoms with van der Waals surface area (Å²) >= 11 is 0. The zero-order valence-corrected chi connectivity index (χ0v) is 13.2. The first-order chi connectivity index (χ1) is 9.45. The summed E-state index contributed by atoms with van der Waals surface area (Å²) in [6.45, 7) is 6.97. The Labute approximate surface area is 121 Å². The number of aromatic nitrogens is 2. The molecule has 0 aliphatic carbocycles. The van der Waals surface area contributed by atoms with E-state index in [1.165, 1.54) is 0 Å². The third-order valence-corrected chi connectivity index (χ3v) is 3.49. The Bertz CT molecular complexity index is 443. The minimum absolute atomic E-state index is 0.0457. The second-order valence-electron chi connectivity index (χ2n) is 5.10. The maximum Gasteiger partial charge on any atom is 0.224 e. The van der Waals surface area contributed by atoms with Gasteiger partial charge in [0.15, 0.2) is 0 Å². The summed E-state index contributed by atoms with van der Waals surface area (Å²) in [5.41, 5.74) is 3.00. The molecule has 114 valence electrons. The zero-order valence-electron chi connectivity index (χ0n) is 13.2. The van der Waals surface area contributed by atoms with E-state index in [0.29, 0.717) is 19.6 Å². The molecule has 0 spiro atoms. The van der Waals surface area contributed by atoms with Crippen molar-refractivity contribution in [3.8, 4) is 0 Å². The van der Waals surface area contributed by atoms with Crippen molar-refractivity contribution >= 4 is 5.91 Å². The molecule has 0 saturated heterocycles. The molecule has 0 radical (unpaired) electrons. The second kappa shape index (κ2) is 8.01. The lowest BCUT2D eigenvalue weighted by Gasteiger charge is -2.16. The first kappa shape index (κ1) is 16.7. The number of methoxy groups -OCH3 is 1. The molecule has 1 heterocycles. The monoisotopic (exact) mass is 282 g/mol. The molecule has 0 unspecified atom stereocenters. The van der Waals surface area contributed by atoms with E-state index in [1.807, 2.05) is 32.6 Å². The van der Waals surface area contributed by atoms with E-state index in [1.54, 1.807) is 7.11 Å². The first-order valence-electron chi connectivity index (χ1n) is 6.89. The normalized spacial score (nSPS) is 11.1. The third kappa shape index (κ3) is 4.94. The van der Waals surface area contributed by atoms with Crippen molar-refractivity contribution < 1.29 is 9.53 Å². The predicted octanol–water partition coefficient (Wildman–Crippen LogP) is 0.274. The summed E-state index contributed by atoms with van der Waals surface area (Å²) in [4.78, 5) is 14.1. The van der Waals surface area contributed by atoms with Crippen molar-refractivity contribution in [3.05, 3.63) is 17.0 Å². The summed E-state index contributed by atoms with van der Waals surface area (Å²) in [6, 6.07) is 0. The number of likely N-dealkylation sites (N-methyl/N-ethyl adjacent to an activating group) is 1. The van der Waals surface area contributed by atoms with Gasteiger partial charge in [0.25, 0.3) is 0 Å². The van der Waals surface area contributed by atoms with Crippen LogP contribution in [-0.4, -0.2) is 61.0 Å². The van der Waals surface area contributed by atoms with Crippen LogP contribution in [0.15, 0.2) is 0 Å². The van der Waals surface area contributed by atoms with Crippen LogP contribution in [0.2, 0.25) is 0 Å². The van der Waals surface area contributed by atoms with Gasteiger partial charge in [-0.15, -0.1) is 0 Å². The highest BCUT2D eigenvalue weighted by molar-refractivity contribution is 5.79. The van der Waals surface area contributed by atoms with Gasteiger partial charge in [-0.3, -0.25) is 9.48 Å². The van der Waals surface area contributed by atoms with E-state index < -0.39 is 0 Å². The molecule has 1 aromatic heterocycles. The molecule has 20 heavy (non-hydrogen) atoms. The molecular weight excluding hydrogens is 256 g/mol. The smallest absolute Gasteiger partial charge is 0.224 e. The topological polar surface area (TPSA) is 59.4 Å². The molecule has 0 fully saturated rings. The Balaban J connectivity index is 2.33. The van der Waals surface area contributed by atoms with Crippen LogP contribution in [0.5, 0.6) is 0 Å². The van der Waals surface area contributed by atoms with Crippen LogP contribution in [0.3, 0.4) is 0 Å². The Morgan fingerprint density at radius 2 is 2.10 bits per heavy atom. The van der Waals surface area contributed by atoms with Crippen LogP contribution >= 0.6 is 0 Å². The van der Waals surface area contributed by atoms with Gasteiger partial charge in [-0.1, -0.05) is 0 Å². The van der Waals surface area contributed by atoms with Crippen molar-refractivity contribution in [3.63, 3.8) is 0 Å². The largest absolute Gasteiger partial charge is 0.383 e. The SMILES string of the molecule is COCCN(C)CCNC(=O)Cc1c(C)nn(C)c1C. The molecule has 1 amide bonds. The summed E-state index contributed by atoms with van der Waals surface area (Å²) in [5, 5.41) is 7.26. The number of carbonyl (C=O) groups excluding carboxylic acids is 1. The number of rotatable bonds is 8. The highest BCUT2D eigenvalue weighted by Gasteiger charge is 2.13. The van der Waals surface area contributed by atoms with Crippen LogP contribution in [-0.2, 0) is 23.0 Å². The minimum atomic E-state index is 0.0457. The number of aryl methyl sites for hydroxylation is 2. The van der Waals surface area contributed by atoms with Crippen LogP contribution in [0.4, 0.5) is 0 Å². The second-order valence-corrected chi connectivity index (χ2v) is 5.10. The van der Waals surface area contributed by atoms with Crippen LogP contribution < -0.4 is 5.32 Å². The van der Waals surface area contributed by atoms with Gasteiger partial charge in [0.1, 0.15) is 0 Å². The van der Waals surface area contributed by atoms with E-state index in [0.717, 1.165) is 30.0 Å². The zero-order chi connectivity index (χ0) is 15.1. The lowest BCUT2D eigenvalue weighted by atomic mass is 10.1. The maximum absolute atomic E-state index is 11.9. The molecule has 0 aliphatic heterocycles. The van der Waals surface area contributed by atoms with E-state index in [2.05, 4.69) is 15.3 Å². The molecular formula is C14H26N4O2. The van der Waals surface area contributed by atoms with E-state index in [9.17, 15) is 4.79 Å². The molecule has 1 N–H and O–H groups in total. The number of nitrogens with one attached hydrogen (secondary N) is 1. The Morgan fingerprint density at radius 3 is 2.65 bits per heavy atom. The highest BCUT2D eigenvalue weighted by atomic mass is 16.5. The summed E-state index contributed by atoms with van der Waals surface area (Å²) in [5.74, 6) is 0.0457. The number of amides is 1. The van der Waals surface area contributed by atoms with Crippen LogP contribution in [0.25, 0.3) is 0 Å². The summed E-state index contributed by atoms with van der Waals surface area (Å²) in [7, 11) is 5.60. The fraction of sp³-hybridized carbons (Fsp3) is 0.714. The molecule has 0 saturated carbocycles. The quantitative estimate of drug-likeness (QED) is 0.744. The molecule has 1 rings (SSSR count). The minimum Gasteiger partial charge on any atom is -0.383 e. The van der Waals surface area contributed by atoms with Gasteiger partial charge in [0, 0.05) is 45.0 Å². The van der Waals surface area contributed by atoms with E-state index in [4.69, 9.17) is 4.74 Å². The van der Waals surface area contributed by atoms with Gasteiger partial charge in [-0.05, 0) is 20.9 Å². The average Bonchev–Trinajstić information content (AvgIpc) is 2.63. The number of hydrogen-bond donors (Lipinski definition) is 1. The van der Waals surface area contributed by atoms with Gasteiger partial charge in [-0.2, -0.15) is 5.10 Å². The fourth-order valence-corrected chi connectivity index (χ4v) is 2.04. The average molecular weight is 282 g/mol. The Kier molecular flexibility index (Phi) is 6.67. The van der Waals surface area contributed by atoms with Crippen LogP contribution in [0, 0.1) is 13.8 Å². The third-order valence-electron chi connectivity index (χ3n) is 3.49. The molecule has 0 aromatic carbocycles. The van der Waals surface area contributed by atoms with Gasteiger partial charge in [0.2, 0.25) is 5.91 Å². The standard InChI is InChI=1S/C14H26N4O2/c1-11-13(12(2)18(4)16-11)10-14(19)15-6-7-17(3)8-9-20-5/h6-10H2,1-5H3,(H,15,19). The summed E-state index contributed by atoms with van der Waals surface area (Å²) < 4.78 is 6.83. The first-order valence-corrected chi connectivity index (χ1v) is 6.89. The molecule has 0 aliphatic rings. The maximum atomic E-state index is 11.9. The Morgan fingerprint density at radius 1 is 1.40 bits per heavy atom. The van der Waals surface area contributed by atoms with Crippen LogP contribution in [0.1, 0.15) is 17.0 Å². The fourth-order valence-electron chi connectivity index (χ4n) is 2.04. The predicted molar refractivity (Wildman–Crippen MR) is 78.8 cm³/mol. The number of carbonyl (C=O) groups is 1.